The van der Waals surface area contributed by atoms with Crippen molar-refractivity contribution < 1.29 is 18.0 Å². The Morgan fingerprint density at radius 3 is 2.18 bits per heavy atom. The molecule has 0 fully saturated rings. The van der Waals surface area contributed by atoms with Gasteiger partial charge in [-0.05, 0) is 69.7 Å². The molecule has 0 saturated carbocycles. The van der Waals surface area contributed by atoms with Gasteiger partial charge in [-0.15, -0.1) is 0 Å². The minimum atomic E-state index is -3.92. The van der Waals surface area contributed by atoms with Gasteiger partial charge in [0.1, 0.15) is 0 Å². The van der Waals surface area contributed by atoms with E-state index < -0.39 is 15.9 Å². The van der Waals surface area contributed by atoms with Gasteiger partial charge < -0.3 is 10.2 Å². The van der Waals surface area contributed by atoms with Crippen LogP contribution in [0.2, 0.25) is 0 Å². The maximum absolute atomic E-state index is 13.0. The van der Waals surface area contributed by atoms with E-state index in [1.54, 1.807) is 60.4 Å². The molecular weight excluding hydrogens is 450 g/mol. The second-order valence-electron chi connectivity index (χ2n) is 7.93. The Hall–Kier alpha value is -3.65. The molecule has 0 aliphatic heterocycles. The number of aryl methyl sites for hydroxylation is 2. The van der Waals surface area contributed by atoms with Gasteiger partial charge in [-0.2, -0.15) is 0 Å². The van der Waals surface area contributed by atoms with Gasteiger partial charge in [-0.3, -0.25) is 14.3 Å². The summed E-state index contributed by atoms with van der Waals surface area (Å²) in [6.45, 7) is 8.46. The molecule has 2 N–H and O–H groups in total. The SMILES string of the molecule is CCN(CC)C(=O)c1ccccc1NC(=O)c1ccc(C)c(S(=O)(=O)Nc2ccc(C)cc2)c1. The fourth-order valence-electron chi connectivity index (χ4n) is 3.52. The van der Waals surface area contributed by atoms with Crippen LogP contribution in [0.25, 0.3) is 0 Å². The maximum atomic E-state index is 13.0. The van der Waals surface area contributed by atoms with Crippen molar-refractivity contribution in [3.63, 3.8) is 0 Å². The van der Waals surface area contributed by atoms with Crippen molar-refractivity contribution in [2.24, 2.45) is 0 Å². The number of rotatable bonds is 8. The summed E-state index contributed by atoms with van der Waals surface area (Å²) in [5.41, 5.74) is 2.86. The summed E-state index contributed by atoms with van der Waals surface area (Å²) in [6, 6.07) is 18.3. The van der Waals surface area contributed by atoms with Crippen LogP contribution in [0.5, 0.6) is 0 Å². The normalized spacial score (nSPS) is 11.1. The molecular formula is C26H29N3O4S. The van der Waals surface area contributed by atoms with Gasteiger partial charge in [0.15, 0.2) is 0 Å². The fourth-order valence-corrected chi connectivity index (χ4v) is 4.85. The number of hydrogen-bond donors (Lipinski definition) is 2. The van der Waals surface area contributed by atoms with E-state index in [2.05, 4.69) is 10.0 Å². The molecule has 178 valence electrons. The number of nitrogens with one attached hydrogen (secondary N) is 2. The van der Waals surface area contributed by atoms with E-state index in [9.17, 15) is 18.0 Å². The van der Waals surface area contributed by atoms with Crippen LogP contribution < -0.4 is 10.0 Å². The summed E-state index contributed by atoms with van der Waals surface area (Å²) < 4.78 is 28.6. The van der Waals surface area contributed by atoms with E-state index in [0.29, 0.717) is 35.6 Å². The monoisotopic (exact) mass is 479 g/mol. The Bertz CT molecular complexity index is 1300. The summed E-state index contributed by atoms with van der Waals surface area (Å²) >= 11 is 0. The van der Waals surface area contributed by atoms with Gasteiger partial charge in [0.25, 0.3) is 21.8 Å². The third-order valence-electron chi connectivity index (χ3n) is 5.50. The molecule has 3 aromatic rings. The molecule has 0 heterocycles. The average molecular weight is 480 g/mol. The Balaban J connectivity index is 1.89. The van der Waals surface area contributed by atoms with Crippen molar-refractivity contribution in [1.29, 1.82) is 0 Å². The number of anilines is 2. The molecule has 0 unspecified atom stereocenters. The quantitative estimate of drug-likeness (QED) is 0.483. The summed E-state index contributed by atoms with van der Waals surface area (Å²) in [5, 5.41) is 2.76. The number of amides is 2. The molecule has 8 heteroatoms. The summed E-state index contributed by atoms with van der Waals surface area (Å²) in [4.78, 5) is 27.6. The predicted octanol–water partition coefficient (Wildman–Crippen LogP) is 4.84. The summed E-state index contributed by atoms with van der Waals surface area (Å²) in [7, 11) is -3.92. The van der Waals surface area contributed by atoms with Crippen LogP contribution in [-0.2, 0) is 10.0 Å². The highest BCUT2D eigenvalue weighted by Gasteiger charge is 2.21. The highest BCUT2D eigenvalue weighted by atomic mass is 32.2. The lowest BCUT2D eigenvalue weighted by Gasteiger charge is -2.20. The first-order chi connectivity index (χ1) is 16.2. The lowest BCUT2D eigenvalue weighted by molar-refractivity contribution is 0.0774. The van der Waals surface area contributed by atoms with E-state index in [-0.39, 0.29) is 16.4 Å². The minimum Gasteiger partial charge on any atom is -0.339 e. The third-order valence-corrected chi connectivity index (χ3v) is 7.02. The topological polar surface area (TPSA) is 95.6 Å². The second kappa shape index (κ2) is 10.5. The van der Waals surface area contributed by atoms with Crippen LogP contribution in [0, 0.1) is 13.8 Å². The van der Waals surface area contributed by atoms with Gasteiger partial charge in [-0.1, -0.05) is 35.9 Å². The number of sulfonamides is 1. The van der Waals surface area contributed by atoms with Crippen LogP contribution in [0.15, 0.2) is 71.6 Å². The Morgan fingerprint density at radius 1 is 0.882 bits per heavy atom. The summed E-state index contributed by atoms with van der Waals surface area (Å²) in [5.74, 6) is -0.693. The van der Waals surface area contributed by atoms with E-state index in [4.69, 9.17) is 0 Å². The van der Waals surface area contributed by atoms with Gasteiger partial charge in [0.05, 0.1) is 16.1 Å². The average Bonchev–Trinajstić information content (AvgIpc) is 2.81. The van der Waals surface area contributed by atoms with Crippen LogP contribution in [0.3, 0.4) is 0 Å². The Labute approximate surface area is 200 Å². The standard InChI is InChI=1S/C26H29N3O4S/c1-5-29(6-2)26(31)22-9-7-8-10-23(22)27-25(30)20-14-13-19(4)24(17-20)34(32,33)28-21-15-11-18(3)12-16-21/h7-17,28H,5-6H2,1-4H3,(H,27,30). The number of benzene rings is 3. The molecule has 0 atom stereocenters. The molecule has 0 radical (unpaired) electrons. The minimum absolute atomic E-state index is 0.00762. The third kappa shape index (κ3) is 5.63. The molecule has 0 aliphatic carbocycles. The van der Waals surface area contributed by atoms with Gasteiger partial charge >= 0.3 is 0 Å². The maximum Gasteiger partial charge on any atom is 0.262 e. The van der Waals surface area contributed by atoms with Crippen LogP contribution >= 0.6 is 0 Å². The fraction of sp³-hybridized carbons (Fsp3) is 0.231. The van der Waals surface area contributed by atoms with Crippen LogP contribution in [-0.4, -0.2) is 38.2 Å². The predicted molar refractivity (Wildman–Crippen MR) is 135 cm³/mol. The van der Waals surface area contributed by atoms with Crippen molar-refractivity contribution in [1.82, 2.24) is 4.90 Å². The highest BCUT2D eigenvalue weighted by molar-refractivity contribution is 7.92. The van der Waals surface area contributed by atoms with Crippen LogP contribution in [0.4, 0.5) is 11.4 Å². The lowest BCUT2D eigenvalue weighted by Crippen LogP contribution is -2.31. The number of nitrogens with zero attached hydrogens (tertiary/aromatic N) is 1. The van der Waals surface area contributed by atoms with E-state index in [1.807, 2.05) is 32.9 Å². The molecule has 0 bridgehead atoms. The highest BCUT2D eigenvalue weighted by Crippen LogP contribution is 2.23. The zero-order valence-corrected chi connectivity index (χ0v) is 20.6. The molecule has 0 aliphatic rings. The van der Waals surface area contributed by atoms with Crippen molar-refractivity contribution in [2.45, 2.75) is 32.6 Å². The van der Waals surface area contributed by atoms with Crippen LogP contribution in [0.1, 0.15) is 45.7 Å². The molecule has 0 aromatic heterocycles. The lowest BCUT2D eigenvalue weighted by atomic mass is 10.1. The number of carbonyl (C=O) groups is 2. The smallest absolute Gasteiger partial charge is 0.262 e. The van der Waals surface area contributed by atoms with E-state index >= 15 is 0 Å². The molecule has 0 spiro atoms. The van der Waals surface area contributed by atoms with E-state index in [1.165, 1.54) is 6.07 Å². The molecule has 2 amide bonds. The van der Waals surface area contributed by atoms with E-state index in [0.717, 1.165) is 5.56 Å². The number of hydrogen-bond acceptors (Lipinski definition) is 4. The molecule has 7 nitrogen and oxygen atoms in total. The van der Waals surface area contributed by atoms with Crippen molar-refractivity contribution in [3.8, 4) is 0 Å². The van der Waals surface area contributed by atoms with Gasteiger partial charge in [0.2, 0.25) is 0 Å². The largest absolute Gasteiger partial charge is 0.339 e. The van der Waals surface area contributed by atoms with Crippen molar-refractivity contribution in [3.05, 3.63) is 89.0 Å². The summed E-state index contributed by atoms with van der Waals surface area (Å²) in [6.07, 6.45) is 0. The zero-order chi connectivity index (χ0) is 24.9. The Kier molecular flexibility index (Phi) is 7.73. The van der Waals surface area contributed by atoms with Gasteiger partial charge in [-0.25, -0.2) is 8.42 Å². The number of para-hydroxylation sites is 1. The van der Waals surface area contributed by atoms with Crippen molar-refractivity contribution >= 4 is 33.2 Å². The molecule has 3 aromatic carbocycles. The second-order valence-corrected chi connectivity index (χ2v) is 9.58. The first-order valence-electron chi connectivity index (χ1n) is 11.1. The zero-order valence-electron chi connectivity index (χ0n) is 19.8. The molecule has 0 saturated heterocycles. The van der Waals surface area contributed by atoms with Gasteiger partial charge in [0, 0.05) is 24.3 Å². The Morgan fingerprint density at radius 2 is 1.53 bits per heavy atom. The molecule has 34 heavy (non-hydrogen) atoms. The number of carbonyl (C=O) groups excluding carboxylic acids is 2. The first-order valence-corrected chi connectivity index (χ1v) is 12.5. The first kappa shape index (κ1) is 25.0. The van der Waals surface area contributed by atoms with Crippen molar-refractivity contribution in [2.75, 3.05) is 23.1 Å². The molecule has 3 rings (SSSR count).